The molecule has 3 amide bonds. The van der Waals surface area contributed by atoms with E-state index in [1.807, 2.05) is 31.2 Å². The molecule has 2 heterocycles. The second kappa shape index (κ2) is 12.3. The van der Waals surface area contributed by atoms with Crippen LogP contribution >= 0.6 is 0 Å². The maximum Gasteiger partial charge on any atom is 0.249 e. The lowest BCUT2D eigenvalue weighted by atomic mass is 9.99. The number of aryl methyl sites for hydroxylation is 1. The van der Waals surface area contributed by atoms with Gasteiger partial charge in [0.25, 0.3) is 0 Å². The van der Waals surface area contributed by atoms with Crippen molar-refractivity contribution in [1.29, 1.82) is 0 Å². The number of piperidine rings is 2. The summed E-state index contributed by atoms with van der Waals surface area (Å²) in [5.74, 6) is 0.0330. The molecule has 37 heavy (non-hydrogen) atoms. The maximum atomic E-state index is 12.3. The Labute approximate surface area is 219 Å². The van der Waals surface area contributed by atoms with Gasteiger partial charge in [0.1, 0.15) is 17.9 Å². The number of likely N-dealkylation sites (tertiary alicyclic amines) is 1. The summed E-state index contributed by atoms with van der Waals surface area (Å²) in [5, 5.41) is 6.01. The summed E-state index contributed by atoms with van der Waals surface area (Å²) in [6.45, 7) is 9.25. The van der Waals surface area contributed by atoms with Crippen molar-refractivity contribution >= 4 is 18.2 Å². The highest BCUT2D eigenvalue weighted by atomic mass is 16.5. The zero-order valence-electron chi connectivity index (χ0n) is 22.0. The average molecular weight is 507 g/mol. The van der Waals surface area contributed by atoms with Gasteiger partial charge in [-0.1, -0.05) is 50.2 Å². The van der Waals surface area contributed by atoms with E-state index in [0.717, 1.165) is 42.9 Å². The van der Waals surface area contributed by atoms with Crippen LogP contribution in [0.2, 0.25) is 0 Å². The van der Waals surface area contributed by atoms with Gasteiger partial charge in [0, 0.05) is 44.7 Å². The molecule has 2 N–H and O–H groups in total. The Morgan fingerprint density at radius 1 is 1.16 bits per heavy atom. The minimum absolute atomic E-state index is 0.0345. The number of nitrogens with zero attached hydrogens (tertiary/aromatic N) is 2. The molecule has 8 nitrogen and oxygen atoms in total. The first-order valence-corrected chi connectivity index (χ1v) is 13.2. The van der Waals surface area contributed by atoms with Gasteiger partial charge in [-0.25, -0.2) is 0 Å². The van der Waals surface area contributed by atoms with E-state index in [9.17, 15) is 14.4 Å². The molecule has 2 aromatic rings. The Morgan fingerprint density at radius 2 is 1.95 bits per heavy atom. The lowest BCUT2D eigenvalue weighted by molar-refractivity contribution is -0.141. The van der Waals surface area contributed by atoms with Crippen molar-refractivity contribution in [2.75, 3.05) is 13.1 Å². The minimum Gasteiger partial charge on any atom is -0.487 e. The van der Waals surface area contributed by atoms with Gasteiger partial charge in [0.2, 0.25) is 18.2 Å². The minimum atomic E-state index is -0.649. The molecule has 0 spiro atoms. The normalized spacial score (nSPS) is 22.5. The van der Waals surface area contributed by atoms with Gasteiger partial charge in [-0.15, -0.1) is 0 Å². The van der Waals surface area contributed by atoms with Gasteiger partial charge in [-0.05, 0) is 48.6 Å². The molecule has 1 unspecified atom stereocenters. The number of imide groups is 1. The largest absolute Gasteiger partial charge is 0.487 e. The molecule has 3 atom stereocenters. The van der Waals surface area contributed by atoms with Gasteiger partial charge in [-0.3, -0.25) is 24.6 Å². The predicted molar refractivity (Wildman–Crippen MR) is 142 cm³/mol. The smallest absolute Gasteiger partial charge is 0.249 e. The lowest BCUT2D eigenvalue weighted by Gasteiger charge is -2.40. The van der Waals surface area contributed by atoms with Crippen LogP contribution in [0.1, 0.15) is 49.8 Å². The van der Waals surface area contributed by atoms with Gasteiger partial charge < -0.3 is 15.0 Å². The third-order valence-corrected chi connectivity index (χ3v) is 7.15. The van der Waals surface area contributed by atoms with Crippen molar-refractivity contribution in [1.82, 2.24) is 20.4 Å². The monoisotopic (exact) mass is 506 g/mol. The molecule has 0 radical (unpaired) electrons. The summed E-state index contributed by atoms with van der Waals surface area (Å²) in [6.07, 6.45) is 2.21. The second-order valence-corrected chi connectivity index (χ2v) is 10.4. The SMILES string of the molecule is Cc1ccc(O[C@H]2CN(Cc3ccccc3)CC[C@@H]2NC(C)C)cc1CN(C=O)C1CCC(=O)NC1=O. The Balaban J connectivity index is 1.48. The van der Waals surface area contributed by atoms with Gasteiger partial charge in [0.05, 0.1) is 0 Å². The Bertz CT molecular complexity index is 1090. The number of carbonyl (C=O) groups excluding carboxylic acids is 3. The fourth-order valence-electron chi connectivity index (χ4n) is 5.19. The fraction of sp³-hybridized carbons (Fsp3) is 0.483. The van der Waals surface area contributed by atoms with Crippen LogP contribution in [0.5, 0.6) is 5.75 Å². The van der Waals surface area contributed by atoms with Crippen LogP contribution in [0.3, 0.4) is 0 Å². The molecule has 2 saturated heterocycles. The number of hydrogen-bond donors (Lipinski definition) is 2. The molecule has 2 aliphatic rings. The predicted octanol–water partition coefficient (Wildman–Crippen LogP) is 2.78. The summed E-state index contributed by atoms with van der Waals surface area (Å²) in [6, 6.07) is 16.4. The average Bonchev–Trinajstić information content (AvgIpc) is 2.86. The molecule has 8 heteroatoms. The Kier molecular flexibility index (Phi) is 8.95. The van der Waals surface area contributed by atoms with E-state index in [1.54, 1.807) is 0 Å². The summed E-state index contributed by atoms with van der Waals surface area (Å²) in [4.78, 5) is 39.7. The fourth-order valence-corrected chi connectivity index (χ4v) is 5.19. The van der Waals surface area contributed by atoms with Crippen LogP contribution in [0.25, 0.3) is 0 Å². The molecule has 0 saturated carbocycles. The van der Waals surface area contributed by atoms with Gasteiger partial charge >= 0.3 is 0 Å². The molecule has 198 valence electrons. The van der Waals surface area contributed by atoms with Crippen molar-refractivity contribution in [2.24, 2.45) is 0 Å². The topological polar surface area (TPSA) is 91.0 Å². The van der Waals surface area contributed by atoms with E-state index in [1.165, 1.54) is 10.5 Å². The number of amides is 3. The first-order valence-electron chi connectivity index (χ1n) is 13.2. The van der Waals surface area contributed by atoms with Crippen molar-refractivity contribution < 1.29 is 19.1 Å². The lowest BCUT2D eigenvalue weighted by Crippen LogP contribution is -2.56. The van der Waals surface area contributed by atoms with E-state index < -0.39 is 11.9 Å². The summed E-state index contributed by atoms with van der Waals surface area (Å²) < 4.78 is 6.59. The number of nitrogens with one attached hydrogen (secondary N) is 2. The standard InChI is InChI=1S/C29H38N4O4/c1-20(2)30-25-13-14-32(16-22-7-5-4-6-8-22)18-27(25)37-24-10-9-21(3)23(15-24)17-33(19-34)26-11-12-28(35)31-29(26)36/h4-10,15,19-20,25-27,30H,11-14,16-18H2,1-3H3,(H,31,35,36)/t25-,26?,27-/m0/s1. The van der Waals surface area contributed by atoms with Crippen LogP contribution in [0, 0.1) is 6.92 Å². The highest BCUT2D eigenvalue weighted by Gasteiger charge is 2.33. The van der Waals surface area contributed by atoms with Gasteiger partial charge in [-0.2, -0.15) is 0 Å². The molecule has 4 rings (SSSR count). The van der Waals surface area contributed by atoms with Gasteiger partial charge in [0.15, 0.2) is 0 Å². The van der Waals surface area contributed by atoms with Crippen LogP contribution in [0.4, 0.5) is 0 Å². The summed E-state index contributed by atoms with van der Waals surface area (Å²) in [7, 11) is 0. The summed E-state index contributed by atoms with van der Waals surface area (Å²) >= 11 is 0. The van der Waals surface area contributed by atoms with Crippen LogP contribution in [-0.4, -0.2) is 65.3 Å². The van der Waals surface area contributed by atoms with Crippen molar-refractivity contribution in [3.8, 4) is 5.75 Å². The number of carbonyl (C=O) groups is 3. The van der Waals surface area contributed by atoms with E-state index >= 15 is 0 Å². The Hall–Kier alpha value is -3.23. The molecule has 2 aliphatic heterocycles. The Morgan fingerprint density at radius 3 is 2.65 bits per heavy atom. The molecule has 2 fully saturated rings. The molecule has 0 bridgehead atoms. The molecule has 2 aromatic carbocycles. The zero-order chi connectivity index (χ0) is 26.4. The van der Waals surface area contributed by atoms with Crippen molar-refractivity contribution in [3.63, 3.8) is 0 Å². The van der Waals surface area contributed by atoms with Crippen molar-refractivity contribution in [3.05, 3.63) is 65.2 Å². The molecular weight excluding hydrogens is 468 g/mol. The van der Waals surface area contributed by atoms with E-state index in [4.69, 9.17) is 4.74 Å². The zero-order valence-corrected chi connectivity index (χ0v) is 22.0. The van der Waals surface area contributed by atoms with Crippen LogP contribution in [0.15, 0.2) is 48.5 Å². The van der Waals surface area contributed by atoms with E-state index in [-0.39, 0.29) is 31.0 Å². The van der Waals surface area contributed by atoms with Crippen molar-refractivity contribution in [2.45, 2.75) is 77.4 Å². The molecule has 0 aliphatic carbocycles. The third-order valence-electron chi connectivity index (χ3n) is 7.15. The van der Waals surface area contributed by atoms with Crippen LogP contribution < -0.4 is 15.4 Å². The first-order chi connectivity index (χ1) is 17.8. The number of hydrogen-bond acceptors (Lipinski definition) is 6. The molecule has 0 aromatic heterocycles. The first kappa shape index (κ1) is 26.8. The number of benzene rings is 2. The highest BCUT2D eigenvalue weighted by molar-refractivity contribution is 6.00. The number of ether oxygens (including phenoxy) is 1. The number of rotatable bonds is 10. The molecular formula is C29H38N4O4. The quantitative estimate of drug-likeness (QED) is 0.381. The highest BCUT2D eigenvalue weighted by Crippen LogP contribution is 2.25. The summed E-state index contributed by atoms with van der Waals surface area (Å²) in [5.41, 5.74) is 3.22. The second-order valence-electron chi connectivity index (χ2n) is 10.4. The van der Waals surface area contributed by atoms with E-state index in [2.05, 4.69) is 53.6 Å². The van der Waals surface area contributed by atoms with Crippen LogP contribution in [-0.2, 0) is 27.5 Å². The third kappa shape index (κ3) is 7.17. The maximum absolute atomic E-state index is 12.3. The van der Waals surface area contributed by atoms with E-state index in [0.29, 0.717) is 18.9 Å².